The van der Waals surface area contributed by atoms with Gasteiger partial charge in [0, 0.05) is 18.8 Å². The van der Waals surface area contributed by atoms with Crippen LogP contribution in [0.25, 0.3) is 5.69 Å². The lowest BCUT2D eigenvalue weighted by Crippen LogP contribution is -2.18. The standard InChI is InChI=1S/C12H15N5O/c1-3-10(13-8-12-5-2-6-18-12)7-11(4-1)17-9-14-15-16-17/h1,3-4,7,9,12-13H,2,5-6,8H2. The van der Waals surface area contributed by atoms with Crippen LogP contribution in [0.2, 0.25) is 0 Å². The van der Waals surface area contributed by atoms with Crippen LogP contribution in [-0.4, -0.2) is 39.5 Å². The topological polar surface area (TPSA) is 64.9 Å². The molecule has 0 saturated carbocycles. The maximum atomic E-state index is 5.58. The van der Waals surface area contributed by atoms with Crippen LogP contribution in [0, 0.1) is 0 Å². The van der Waals surface area contributed by atoms with Crippen molar-refractivity contribution in [3.63, 3.8) is 0 Å². The molecular weight excluding hydrogens is 230 g/mol. The average molecular weight is 245 g/mol. The molecule has 1 aromatic carbocycles. The molecule has 0 spiro atoms. The molecule has 18 heavy (non-hydrogen) atoms. The fourth-order valence-electron chi connectivity index (χ4n) is 2.07. The summed E-state index contributed by atoms with van der Waals surface area (Å²) in [4.78, 5) is 0. The van der Waals surface area contributed by atoms with Crippen LogP contribution in [-0.2, 0) is 4.74 Å². The van der Waals surface area contributed by atoms with Crippen molar-refractivity contribution in [1.82, 2.24) is 20.2 Å². The average Bonchev–Trinajstić information content (AvgIpc) is 3.10. The van der Waals surface area contributed by atoms with Gasteiger partial charge in [-0.25, -0.2) is 4.68 Å². The second-order valence-corrected chi connectivity index (χ2v) is 4.32. The molecule has 1 aliphatic heterocycles. The molecule has 1 aliphatic rings. The molecular formula is C12H15N5O. The maximum Gasteiger partial charge on any atom is 0.143 e. The van der Waals surface area contributed by atoms with E-state index in [4.69, 9.17) is 4.74 Å². The van der Waals surface area contributed by atoms with Crippen LogP contribution in [0.3, 0.4) is 0 Å². The van der Waals surface area contributed by atoms with E-state index in [1.165, 1.54) is 0 Å². The van der Waals surface area contributed by atoms with Crippen molar-refractivity contribution in [2.24, 2.45) is 0 Å². The van der Waals surface area contributed by atoms with Gasteiger partial charge in [-0.1, -0.05) is 6.07 Å². The number of tetrazole rings is 1. The second kappa shape index (κ2) is 5.14. The van der Waals surface area contributed by atoms with Gasteiger partial charge >= 0.3 is 0 Å². The zero-order valence-corrected chi connectivity index (χ0v) is 9.99. The predicted molar refractivity (Wildman–Crippen MR) is 66.6 cm³/mol. The van der Waals surface area contributed by atoms with Crippen molar-refractivity contribution in [2.75, 3.05) is 18.5 Å². The van der Waals surface area contributed by atoms with Crippen molar-refractivity contribution >= 4 is 5.69 Å². The van der Waals surface area contributed by atoms with Gasteiger partial charge in [0.05, 0.1) is 11.8 Å². The highest BCUT2D eigenvalue weighted by molar-refractivity contribution is 5.50. The molecule has 6 nitrogen and oxygen atoms in total. The summed E-state index contributed by atoms with van der Waals surface area (Å²) >= 11 is 0. The van der Waals surface area contributed by atoms with Crippen molar-refractivity contribution < 1.29 is 4.74 Å². The van der Waals surface area contributed by atoms with E-state index in [1.807, 2.05) is 24.3 Å². The van der Waals surface area contributed by atoms with Crippen molar-refractivity contribution in [1.29, 1.82) is 0 Å². The van der Waals surface area contributed by atoms with E-state index in [1.54, 1.807) is 11.0 Å². The molecule has 3 rings (SSSR count). The van der Waals surface area contributed by atoms with Gasteiger partial charge in [-0.05, 0) is 41.5 Å². The van der Waals surface area contributed by atoms with Gasteiger partial charge in [-0.15, -0.1) is 5.10 Å². The van der Waals surface area contributed by atoms with Crippen molar-refractivity contribution in [3.8, 4) is 5.69 Å². The van der Waals surface area contributed by atoms with Gasteiger partial charge in [-0.2, -0.15) is 0 Å². The molecule has 1 atom stereocenters. The van der Waals surface area contributed by atoms with Crippen molar-refractivity contribution in [3.05, 3.63) is 30.6 Å². The molecule has 94 valence electrons. The first-order valence-corrected chi connectivity index (χ1v) is 6.11. The lowest BCUT2D eigenvalue weighted by molar-refractivity contribution is 0.120. The summed E-state index contributed by atoms with van der Waals surface area (Å²) in [6.45, 7) is 1.73. The molecule has 0 amide bonds. The molecule has 1 fully saturated rings. The Bertz CT molecular complexity index is 493. The zero-order chi connectivity index (χ0) is 12.2. The summed E-state index contributed by atoms with van der Waals surface area (Å²) in [5.41, 5.74) is 2.00. The van der Waals surface area contributed by atoms with E-state index in [2.05, 4.69) is 20.8 Å². The van der Waals surface area contributed by atoms with Gasteiger partial charge in [-0.3, -0.25) is 0 Å². The Balaban J connectivity index is 1.67. The van der Waals surface area contributed by atoms with E-state index in [0.29, 0.717) is 6.10 Å². The minimum atomic E-state index is 0.335. The number of benzene rings is 1. The third kappa shape index (κ3) is 2.48. The van der Waals surface area contributed by atoms with Crippen LogP contribution >= 0.6 is 0 Å². The van der Waals surface area contributed by atoms with Gasteiger partial charge in [0.25, 0.3) is 0 Å². The Morgan fingerprint density at radius 1 is 1.44 bits per heavy atom. The molecule has 1 saturated heterocycles. The van der Waals surface area contributed by atoms with Gasteiger partial charge < -0.3 is 10.1 Å². The SMILES string of the molecule is c1cc(NCC2CCCO2)cc(-n2cnnn2)c1. The highest BCUT2D eigenvalue weighted by atomic mass is 16.5. The van der Waals surface area contributed by atoms with E-state index in [0.717, 1.165) is 37.4 Å². The molecule has 0 radical (unpaired) electrons. The van der Waals surface area contributed by atoms with Crippen LogP contribution in [0.5, 0.6) is 0 Å². The molecule has 6 heteroatoms. The number of ether oxygens (including phenoxy) is 1. The van der Waals surface area contributed by atoms with Gasteiger partial charge in [0.15, 0.2) is 0 Å². The van der Waals surface area contributed by atoms with E-state index < -0.39 is 0 Å². The molecule has 2 aromatic rings. The minimum absolute atomic E-state index is 0.335. The van der Waals surface area contributed by atoms with Crippen molar-refractivity contribution in [2.45, 2.75) is 18.9 Å². The highest BCUT2D eigenvalue weighted by Gasteiger charge is 2.14. The first-order valence-electron chi connectivity index (χ1n) is 6.11. The Morgan fingerprint density at radius 2 is 2.44 bits per heavy atom. The fraction of sp³-hybridized carbons (Fsp3) is 0.417. The summed E-state index contributed by atoms with van der Waals surface area (Å²) in [7, 11) is 0. The third-order valence-electron chi connectivity index (χ3n) is 3.02. The van der Waals surface area contributed by atoms with Crippen LogP contribution in [0.15, 0.2) is 30.6 Å². The first-order chi connectivity index (χ1) is 8.92. The number of nitrogens with one attached hydrogen (secondary N) is 1. The summed E-state index contributed by atoms with van der Waals surface area (Å²) in [6.07, 6.45) is 4.22. The van der Waals surface area contributed by atoms with Gasteiger partial charge in [0.2, 0.25) is 0 Å². The molecule has 1 unspecified atom stereocenters. The maximum absolute atomic E-state index is 5.58. The Labute approximate surface area is 105 Å². The normalized spacial score (nSPS) is 19.0. The number of nitrogens with zero attached hydrogens (tertiary/aromatic N) is 4. The zero-order valence-electron chi connectivity index (χ0n) is 9.99. The van der Waals surface area contributed by atoms with E-state index in [9.17, 15) is 0 Å². The third-order valence-corrected chi connectivity index (χ3v) is 3.02. The molecule has 1 N–H and O–H groups in total. The Morgan fingerprint density at radius 3 is 3.22 bits per heavy atom. The Hall–Kier alpha value is -1.95. The number of hydrogen-bond donors (Lipinski definition) is 1. The largest absolute Gasteiger partial charge is 0.382 e. The van der Waals surface area contributed by atoms with E-state index >= 15 is 0 Å². The number of anilines is 1. The molecule has 2 heterocycles. The number of hydrogen-bond acceptors (Lipinski definition) is 5. The minimum Gasteiger partial charge on any atom is -0.382 e. The fourth-order valence-corrected chi connectivity index (χ4v) is 2.07. The summed E-state index contributed by atoms with van der Waals surface area (Å²) in [5.74, 6) is 0. The second-order valence-electron chi connectivity index (χ2n) is 4.32. The first kappa shape index (κ1) is 11.2. The molecule has 1 aromatic heterocycles. The Kier molecular flexibility index (Phi) is 3.18. The summed E-state index contributed by atoms with van der Waals surface area (Å²) in [5, 5.41) is 14.5. The van der Waals surface area contributed by atoms with Crippen LogP contribution in [0.1, 0.15) is 12.8 Å². The molecule has 0 bridgehead atoms. The lowest BCUT2D eigenvalue weighted by Gasteiger charge is -2.12. The quantitative estimate of drug-likeness (QED) is 0.878. The number of rotatable bonds is 4. The lowest BCUT2D eigenvalue weighted by atomic mass is 10.2. The smallest absolute Gasteiger partial charge is 0.143 e. The summed E-state index contributed by atoms with van der Waals surface area (Å²) in [6, 6.07) is 8.00. The summed E-state index contributed by atoms with van der Waals surface area (Å²) < 4.78 is 7.21. The van der Waals surface area contributed by atoms with Crippen LogP contribution < -0.4 is 5.32 Å². The number of aromatic nitrogens is 4. The van der Waals surface area contributed by atoms with Gasteiger partial charge in [0.1, 0.15) is 6.33 Å². The predicted octanol–water partition coefficient (Wildman–Crippen LogP) is 1.25. The monoisotopic (exact) mass is 245 g/mol. The van der Waals surface area contributed by atoms with Crippen LogP contribution in [0.4, 0.5) is 5.69 Å². The van der Waals surface area contributed by atoms with E-state index in [-0.39, 0.29) is 0 Å². The highest BCUT2D eigenvalue weighted by Crippen LogP contribution is 2.16. The molecule has 0 aliphatic carbocycles.